The molecule has 0 aromatic heterocycles. The summed E-state index contributed by atoms with van der Waals surface area (Å²) < 4.78 is 14.3. The molecule has 8 nitrogen and oxygen atoms in total. The lowest BCUT2D eigenvalue weighted by atomic mass is 9.79. The van der Waals surface area contributed by atoms with Crippen LogP contribution in [0, 0.1) is 5.92 Å². The first-order chi connectivity index (χ1) is 11.0. The zero-order valence-electron chi connectivity index (χ0n) is 12.7. The predicted molar refractivity (Wildman–Crippen MR) is 86.5 cm³/mol. The molecule has 24 heavy (non-hydrogen) atoms. The average molecular weight is 355 g/mol. The van der Waals surface area contributed by atoms with Gasteiger partial charge < -0.3 is 30.2 Å². The zero-order chi connectivity index (χ0) is 18.1. The third-order valence-electron chi connectivity index (χ3n) is 3.78. The molecule has 2 rings (SSSR count). The third-order valence-corrected chi connectivity index (χ3v) is 4.28. The lowest BCUT2D eigenvalue weighted by Gasteiger charge is -2.36. The molecule has 0 radical (unpaired) electrons. The van der Waals surface area contributed by atoms with E-state index in [1.54, 1.807) is 6.07 Å². The second-order valence-corrected chi connectivity index (χ2v) is 6.77. The van der Waals surface area contributed by atoms with Gasteiger partial charge in [-0.3, -0.25) is 0 Å². The van der Waals surface area contributed by atoms with Crippen LogP contribution in [0.5, 0.6) is 5.75 Å². The van der Waals surface area contributed by atoms with Crippen LogP contribution in [0.2, 0.25) is 0 Å². The molecule has 0 bridgehead atoms. The summed E-state index contributed by atoms with van der Waals surface area (Å²) in [6, 6.07) is 5.88. The van der Waals surface area contributed by atoms with Crippen molar-refractivity contribution in [1.29, 1.82) is 0 Å². The van der Waals surface area contributed by atoms with E-state index in [2.05, 4.69) is 4.76 Å². The van der Waals surface area contributed by atoms with Crippen LogP contribution >= 0.6 is 7.75 Å². The molecule has 0 aliphatic heterocycles. The summed E-state index contributed by atoms with van der Waals surface area (Å²) in [6.07, 6.45) is 3.34. The van der Waals surface area contributed by atoms with Crippen molar-refractivity contribution in [2.75, 3.05) is 0 Å². The Hall–Kier alpha value is -1.96. The summed E-state index contributed by atoms with van der Waals surface area (Å²) in [5.41, 5.74) is 0.0445. The number of benzene rings is 1. The van der Waals surface area contributed by atoms with Crippen molar-refractivity contribution in [3.63, 3.8) is 0 Å². The van der Waals surface area contributed by atoms with Crippen LogP contribution in [0.25, 0.3) is 0 Å². The Morgan fingerprint density at radius 2 is 1.92 bits per heavy atom. The van der Waals surface area contributed by atoms with Crippen LogP contribution in [-0.2, 0) is 4.57 Å². The van der Waals surface area contributed by atoms with Crippen molar-refractivity contribution in [2.45, 2.75) is 18.6 Å². The van der Waals surface area contributed by atoms with E-state index in [0.29, 0.717) is 5.56 Å². The highest BCUT2D eigenvalue weighted by Crippen LogP contribution is 2.41. The van der Waals surface area contributed by atoms with Crippen LogP contribution in [0.4, 0.5) is 0 Å². The lowest BCUT2D eigenvalue weighted by molar-refractivity contribution is -0.188. The van der Waals surface area contributed by atoms with Crippen LogP contribution in [0.1, 0.15) is 18.4 Å². The van der Waals surface area contributed by atoms with Crippen molar-refractivity contribution in [3.05, 3.63) is 53.8 Å². The summed E-state index contributed by atoms with van der Waals surface area (Å²) in [6.45, 7) is 1.48. The molecule has 0 amide bonds. The van der Waals surface area contributed by atoms with Crippen LogP contribution in [0.3, 0.4) is 0 Å². The molecule has 2 unspecified atom stereocenters. The SMILES string of the molecule is CC(c1cccc(O)c1)C(O)(O)C1C=CC(O)=C/C1=N\P(=O)(O)O. The molecule has 0 spiro atoms. The molecule has 1 aliphatic carbocycles. The molecule has 2 atom stereocenters. The largest absolute Gasteiger partial charge is 0.508 e. The minimum atomic E-state index is -4.84. The van der Waals surface area contributed by atoms with Crippen molar-refractivity contribution in [2.24, 2.45) is 10.7 Å². The van der Waals surface area contributed by atoms with E-state index in [1.165, 1.54) is 37.3 Å². The maximum atomic E-state index is 11.1. The van der Waals surface area contributed by atoms with Gasteiger partial charge in [-0.1, -0.05) is 25.1 Å². The third kappa shape index (κ3) is 4.11. The highest BCUT2D eigenvalue weighted by atomic mass is 31.2. The normalized spacial score (nSPS) is 21.6. The monoisotopic (exact) mass is 355 g/mol. The fourth-order valence-electron chi connectivity index (χ4n) is 2.49. The second-order valence-electron chi connectivity index (χ2n) is 5.54. The van der Waals surface area contributed by atoms with Gasteiger partial charge in [0.2, 0.25) is 0 Å². The smallest absolute Gasteiger partial charge is 0.448 e. The second kappa shape index (κ2) is 6.51. The first-order valence-electron chi connectivity index (χ1n) is 6.99. The van der Waals surface area contributed by atoms with Gasteiger partial charge in [0.25, 0.3) is 0 Å². The summed E-state index contributed by atoms with van der Waals surface area (Å²) in [7, 11) is -4.84. The van der Waals surface area contributed by atoms with Crippen molar-refractivity contribution >= 4 is 13.5 Å². The molecule has 0 heterocycles. The molecule has 130 valence electrons. The van der Waals surface area contributed by atoms with Crippen LogP contribution in [0.15, 0.2) is 53.0 Å². The van der Waals surface area contributed by atoms with E-state index in [1.807, 2.05) is 0 Å². The summed E-state index contributed by atoms with van der Waals surface area (Å²) >= 11 is 0. The maximum Gasteiger partial charge on any atom is 0.448 e. The number of phenols is 1. The maximum absolute atomic E-state index is 11.1. The van der Waals surface area contributed by atoms with Gasteiger partial charge in [0.05, 0.1) is 11.6 Å². The Bertz CT molecular complexity index is 763. The molecule has 0 fully saturated rings. The molecule has 1 aromatic rings. The van der Waals surface area contributed by atoms with Gasteiger partial charge in [-0.2, -0.15) is 4.76 Å². The van der Waals surface area contributed by atoms with Crippen molar-refractivity contribution < 1.29 is 34.8 Å². The summed E-state index contributed by atoms with van der Waals surface area (Å²) in [5, 5.41) is 40.2. The summed E-state index contributed by atoms with van der Waals surface area (Å²) in [4.78, 5) is 18.0. The average Bonchev–Trinajstić information content (AvgIpc) is 2.44. The molecule has 0 saturated carbocycles. The number of aromatic hydroxyl groups is 1. The highest BCUT2D eigenvalue weighted by molar-refractivity contribution is 7.50. The first-order valence-corrected chi connectivity index (χ1v) is 8.55. The highest BCUT2D eigenvalue weighted by Gasteiger charge is 2.43. The minimum Gasteiger partial charge on any atom is -0.508 e. The van der Waals surface area contributed by atoms with Gasteiger partial charge in [0, 0.05) is 12.0 Å². The van der Waals surface area contributed by atoms with Gasteiger partial charge >= 0.3 is 7.75 Å². The quantitative estimate of drug-likeness (QED) is 0.352. The summed E-state index contributed by atoms with van der Waals surface area (Å²) in [5.74, 6) is -5.08. The van der Waals surface area contributed by atoms with Crippen molar-refractivity contribution in [3.8, 4) is 5.75 Å². The number of nitrogens with zero attached hydrogens (tertiary/aromatic N) is 1. The number of phenolic OH excluding ortho intramolecular Hbond substituents is 1. The van der Waals surface area contributed by atoms with E-state index < -0.39 is 25.4 Å². The number of allylic oxidation sites excluding steroid dienone is 2. The van der Waals surface area contributed by atoms with Crippen LogP contribution in [-0.4, -0.2) is 41.7 Å². The van der Waals surface area contributed by atoms with E-state index in [-0.39, 0.29) is 17.2 Å². The predicted octanol–water partition coefficient (Wildman–Crippen LogP) is 1.34. The van der Waals surface area contributed by atoms with Gasteiger partial charge in [0.1, 0.15) is 11.5 Å². The fraction of sp³-hybridized carbons (Fsp3) is 0.267. The van der Waals surface area contributed by atoms with Crippen LogP contribution < -0.4 is 0 Å². The minimum absolute atomic E-state index is 0.0593. The first kappa shape index (κ1) is 18.4. The molecular weight excluding hydrogens is 337 g/mol. The fourth-order valence-corrected chi connectivity index (χ4v) is 2.98. The molecule has 0 saturated heterocycles. The topological polar surface area (TPSA) is 151 Å². The molecule has 9 heteroatoms. The molecule has 1 aliphatic rings. The Balaban J connectivity index is 2.44. The number of rotatable bonds is 4. The standard InChI is InChI=1S/C15H18NO7P/c1-9(10-3-2-4-11(17)7-10)15(19,20)13-6-5-12(18)8-14(13)16-24(21,22)23/h2-9,13,17-20H,1H3,(H2,21,22,23)/b16-14+. The van der Waals surface area contributed by atoms with E-state index in [0.717, 1.165) is 6.08 Å². The van der Waals surface area contributed by atoms with Gasteiger partial charge in [-0.05, 0) is 23.8 Å². The van der Waals surface area contributed by atoms with E-state index >= 15 is 0 Å². The molecule has 1 aromatic carbocycles. The Kier molecular flexibility index (Phi) is 4.98. The zero-order valence-corrected chi connectivity index (χ0v) is 13.6. The molecular formula is C15H18NO7P. The molecule has 6 N–H and O–H groups in total. The Morgan fingerprint density at radius 3 is 2.50 bits per heavy atom. The van der Waals surface area contributed by atoms with E-state index in [4.69, 9.17) is 9.79 Å². The van der Waals surface area contributed by atoms with Gasteiger partial charge in [-0.25, -0.2) is 4.57 Å². The number of hydrogen-bond acceptors (Lipinski definition) is 5. The Morgan fingerprint density at radius 1 is 1.25 bits per heavy atom. The van der Waals surface area contributed by atoms with Gasteiger partial charge in [0.15, 0.2) is 5.79 Å². The lowest BCUT2D eigenvalue weighted by Crippen LogP contribution is -2.46. The number of aliphatic hydroxyl groups is 3. The van der Waals surface area contributed by atoms with Crippen molar-refractivity contribution in [1.82, 2.24) is 0 Å². The Labute approximate surface area is 138 Å². The van der Waals surface area contributed by atoms with Gasteiger partial charge in [-0.15, -0.1) is 0 Å². The number of hydrogen-bond donors (Lipinski definition) is 6. The van der Waals surface area contributed by atoms with E-state index in [9.17, 15) is 25.0 Å². The number of aliphatic hydroxyl groups excluding tert-OH is 1.